The molecule has 1 heterocycles. The maximum absolute atomic E-state index is 11.3. The van der Waals surface area contributed by atoms with Crippen molar-refractivity contribution in [2.45, 2.75) is 13.3 Å². The maximum atomic E-state index is 11.3. The summed E-state index contributed by atoms with van der Waals surface area (Å²) < 4.78 is 5.27. The predicted molar refractivity (Wildman–Crippen MR) is 68.8 cm³/mol. The van der Waals surface area contributed by atoms with Crippen LogP contribution in [0.15, 0.2) is 24.3 Å². The van der Waals surface area contributed by atoms with Crippen LogP contribution in [0.1, 0.15) is 13.3 Å². The lowest BCUT2D eigenvalue weighted by molar-refractivity contribution is -0.116. The van der Waals surface area contributed by atoms with Gasteiger partial charge in [-0.05, 0) is 19.9 Å². The van der Waals surface area contributed by atoms with Crippen LogP contribution in [0.4, 0.5) is 0 Å². The smallest absolute Gasteiger partial charge is 0.243 e. The molecule has 1 N–H and O–H groups in total. The van der Waals surface area contributed by atoms with E-state index in [9.17, 15) is 4.79 Å². The second-order valence-electron chi connectivity index (χ2n) is 3.98. The van der Waals surface area contributed by atoms with Crippen LogP contribution in [0.25, 0.3) is 0 Å². The fourth-order valence-electron chi connectivity index (χ4n) is 1.65. The molecule has 0 aromatic heterocycles. The molecule has 1 fully saturated rings. The Morgan fingerprint density at radius 3 is 2.82 bits per heavy atom. The second-order valence-corrected chi connectivity index (χ2v) is 3.98. The van der Waals surface area contributed by atoms with E-state index in [1.165, 1.54) is 0 Å². The van der Waals surface area contributed by atoms with Gasteiger partial charge in [0.15, 0.2) is 0 Å². The Labute approximate surface area is 103 Å². The van der Waals surface area contributed by atoms with Gasteiger partial charge in [-0.25, -0.2) is 0 Å². The minimum atomic E-state index is -0.0231. The molecule has 0 saturated carbocycles. The Bertz CT molecular complexity index is 269. The molecule has 0 radical (unpaired) electrons. The zero-order valence-electron chi connectivity index (χ0n) is 10.5. The summed E-state index contributed by atoms with van der Waals surface area (Å²) >= 11 is 0. The first-order chi connectivity index (χ1) is 8.33. The fourth-order valence-corrected chi connectivity index (χ4v) is 1.65. The van der Waals surface area contributed by atoms with E-state index in [-0.39, 0.29) is 5.91 Å². The summed E-state index contributed by atoms with van der Waals surface area (Å²) in [6, 6.07) is 0. The highest BCUT2D eigenvalue weighted by Crippen LogP contribution is 1.97. The third-order valence-electron chi connectivity index (χ3n) is 2.61. The van der Waals surface area contributed by atoms with Crippen molar-refractivity contribution < 1.29 is 9.53 Å². The van der Waals surface area contributed by atoms with Crippen molar-refractivity contribution in [1.82, 2.24) is 10.2 Å². The Balaban J connectivity index is 2.01. The van der Waals surface area contributed by atoms with Crippen molar-refractivity contribution in [3.05, 3.63) is 24.3 Å². The average molecular weight is 238 g/mol. The van der Waals surface area contributed by atoms with Gasteiger partial charge >= 0.3 is 0 Å². The number of carbonyl (C=O) groups is 1. The van der Waals surface area contributed by atoms with E-state index in [0.717, 1.165) is 45.8 Å². The quantitative estimate of drug-likeness (QED) is 0.426. The van der Waals surface area contributed by atoms with Crippen molar-refractivity contribution in [2.75, 3.05) is 39.4 Å². The lowest BCUT2D eigenvalue weighted by atomic mass is 10.3. The molecule has 1 amide bonds. The molecular weight excluding hydrogens is 216 g/mol. The summed E-state index contributed by atoms with van der Waals surface area (Å²) in [5, 5.41) is 2.86. The molecule has 0 atom stereocenters. The van der Waals surface area contributed by atoms with Crippen LogP contribution in [0.3, 0.4) is 0 Å². The van der Waals surface area contributed by atoms with Crippen molar-refractivity contribution >= 4 is 5.91 Å². The highest BCUT2D eigenvalue weighted by molar-refractivity contribution is 5.87. The topological polar surface area (TPSA) is 41.6 Å². The number of hydrogen-bond acceptors (Lipinski definition) is 3. The zero-order valence-corrected chi connectivity index (χ0v) is 10.5. The third-order valence-corrected chi connectivity index (χ3v) is 2.61. The molecule has 17 heavy (non-hydrogen) atoms. The first-order valence-corrected chi connectivity index (χ1v) is 6.20. The molecule has 0 bridgehead atoms. The van der Waals surface area contributed by atoms with E-state index in [1.54, 1.807) is 12.2 Å². The van der Waals surface area contributed by atoms with E-state index in [1.807, 2.05) is 19.1 Å². The molecule has 1 rings (SSSR count). The van der Waals surface area contributed by atoms with Crippen LogP contribution >= 0.6 is 0 Å². The summed E-state index contributed by atoms with van der Waals surface area (Å²) in [5.41, 5.74) is 0. The van der Waals surface area contributed by atoms with Crippen LogP contribution in [0.5, 0.6) is 0 Å². The molecule has 1 saturated heterocycles. The van der Waals surface area contributed by atoms with Crippen molar-refractivity contribution in [1.29, 1.82) is 0 Å². The number of allylic oxidation sites excluding steroid dienone is 3. The summed E-state index contributed by atoms with van der Waals surface area (Å²) in [6.07, 6.45) is 8.02. The van der Waals surface area contributed by atoms with Crippen molar-refractivity contribution in [2.24, 2.45) is 0 Å². The number of hydrogen-bond donors (Lipinski definition) is 1. The van der Waals surface area contributed by atoms with Gasteiger partial charge in [-0.15, -0.1) is 0 Å². The molecule has 0 unspecified atom stereocenters. The minimum Gasteiger partial charge on any atom is -0.379 e. The van der Waals surface area contributed by atoms with E-state index in [4.69, 9.17) is 4.74 Å². The highest BCUT2D eigenvalue weighted by atomic mass is 16.5. The van der Waals surface area contributed by atoms with Gasteiger partial charge in [-0.1, -0.05) is 18.2 Å². The van der Waals surface area contributed by atoms with Gasteiger partial charge in [-0.2, -0.15) is 0 Å². The van der Waals surface area contributed by atoms with Crippen LogP contribution in [-0.4, -0.2) is 50.2 Å². The number of morpholine rings is 1. The van der Waals surface area contributed by atoms with Crippen molar-refractivity contribution in [3.8, 4) is 0 Å². The lowest BCUT2D eigenvalue weighted by Crippen LogP contribution is -2.38. The number of nitrogens with zero attached hydrogens (tertiary/aromatic N) is 1. The molecule has 0 aliphatic carbocycles. The van der Waals surface area contributed by atoms with Crippen LogP contribution < -0.4 is 5.32 Å². The normalized spacial score (nSPS) is 17.9. The van der Waals surface area contributed by atoms with Crippen LogP contribution in [-0.2, 0) is 9.53 Å². The Morgan fingerprint density at radius 1 is 1.35 bits per heavy atom. The average Bonchev–Trinajstić information content (AvgIpc) is 2.36. The third kappa shape index (κ3) is 6.92. The maximum Gasteiger partial charge on any atom is 0.243 e. The Hall–Kier alpha value is -1.13. The Morgan fingerprint density at radius 2 is 2.12 bits per heavy atom. The van der Waals surface area contributed by atoms with Crippen molar-refractivity contribution in [3.63, 3.8) is 0 Å². The molecule has 0 aromatic rings. The first kappa shape index (κ1) is 13.9. The predicted octanol–water partition coefficient (Wildman–Crippen LogP) is 0.957. The molecule has 0 spiro atoms. The van der Waals surface area contributed by atoms with Gasteiger partial charge < -0.3 is 10.1 Å². The highest BCUT2D eigenvalue weighted by Gasteiger charge is 2.08. The summed E-state index contributed by atoms with van der Waals surface area (Å²) in [4.78, 5) is 13.7. The van der Waals surface area contributed by atoms with Crippen LogP contribution in [0.2, 0.25) is 0 Å². The lowest BCUT2D eigenvalue weighted by Gasteiger charge is -2.26. The van der Waals surface area contributed by atoms with Crippen LogP contribution in [0, 0.1) is 0 Å². The molecule has 1 aliphatic rings. The summed E-state index contributed by atoms with van der Waals surface area (Å²) in [5.74, 6) is -0.0231. The van der Waals surface area contributed by atoms with Gasteiger partial charge in [0.05, 0.1) is 13.2 Å². The minimum absolute atomic E-state index is 0.0231. The van der Waals surface area contributed by atoms with E-state index < -0.39 is 0 Å². The van der Waals surface area contributed by atoms with Gasteiger partial charge in [0.25, 0.3) is 0 Å². The van der Waals surface area contributed by atoms with Gasteiger partial charge in [0.1, 0.15) is 0 Å². The number of carbonyl (C=O) groups excluding carboxylic acids is 1. The first-order valence-electron chi connectivity index (χ1n) is 6.20. The van der Waals surface area contributed by atoms with Gasteiger partial charge in [0, 0.05) is 25.7 Å². The largest absolute Gasteiger partial charge is 0.379 e. The molecule has 4 heteroatoms. The number of amides is 1. The van der Waals surface area contributed by atoms with E-state index >= 15 is 0 Å². The van der Waals surface area contributed by atoms with E-state index in [0.29, 0.717) is 0 Å². The SMILES string of the molecule is CC=CC=CC(=O)NCCCN1CCOCC1. The molecular formula is C13H22N2O2. The fraction of sp³-hybridized carbons (Fsp3) is 0.615. The standard InChI is InChI=1S/C13H22N2O2/c1-2-3-4-6-13(16)14-7-5-8-15-9-11-17-12-10-15/h2-4,6H,5,7-12H2,1H3,(H,14,16). The molecule has 96 valence electrons. The molecule has 1 aliphatic heterocycles. The Kier molecular flexibility index (Phi) is 7.34. The second kappa shape index (κ2) is 8.96. The number of nitrogens with one attached hydrogen (secondary N) is 1. The monoisotopic (exact) mass is 238 g/mol. The summed E-state index contributed by atoms with van der Waals surface area (Å²) in [6.45, 7) is 7.37. The van der Waals surface area contributed by atoms with Gasteiger partial charge in [-0.3, -0.25) is 9.69 Å². The molecule has 4 nitrogen and oxygen atoms in total. The van der Waals surface area contributed by atoms with Gasteiger partial charge in [0.2, 0.25) is 5.91 Å². The number of ether oxygens (including phenoxy) is 1. The summed E-state index contributed by atoms with van der Waals surface area (Å²) in [7, 11) is 0. The van der Waals surface area contributed by atoms with E-state index in [2.05, 4.69) is 10.2 Å². The zero-order chi connectivity index (χ0) is 12.3. The number of rotatable bonds is 6. The molecule has 0 aromatic carbocycles.